The highest BCUT2D eigenvalue weighted by Crippen LogP contribution is 2.43. The van der Waals surface area contributed by atoms with Crippen LogP contribution in [0.2, 0.25) is 0 Å². The summed E-state index contributed by atoms with van der Waals surface area (Å²) in [5, 5.41) is 9.38. The van der Waals surface area contributed by atoms with Crippen molar-refractivity contribution < 1.29 is 28.6 Å². The Balaban J connectivity index is 1.28. The summed E-state index contributed by atoms with van der Waals surface area (Å²) in [6, 6.07) is 16.7. The Labute approximate surface area is 209 Å². The van der Waals surface area contributed by atoms with Gasteiger partial charge in [0.15, 0.2) is 0 Å². The molecule has 3 aromatic rings. The van der Waals surface area contributed by atoms with Gasteiger partial charge in [0, 0.05) is 29.7 Å². The monoisotopic (exact) mass is 489 g/mol. The maximum Gasteiger partial charge on any atom is 0.326 e. The number of nitrogens with zero attached hydrogens (tertiary/aromatic N) is 1. The Morgan fingerprint density at radius 1 is 1.14 bits per heavy atom. The number of aliphatic carboxylic acids is 1. The zero-order valence-electron chi connectivity index (χ0n) is 20.3. The van der Waals surface area contributed by atoms with Crippen molar-refractivity contribution in [2.75, 3.05) is 6.54 Å². The molecule has 0 saturated carbocycles. The Hall–Kier alpha value is -3.87. The number of halogens is 1. The summed E-state index contributed by atoms with van der Waals surface area (Å²) in [7, 11) is 0. The SMILES string of the molecule is CC1(C)Cc2cc(F)cc(-c3ccc(OCc4cccc(C(=O)N5CCC[C@H]5C(=O)O)c4)cc3)c2O1. The molecule has 0 unspecified atom stereocenters. The summed E-state index contributed by atoms with van der Waals surface area (Å²) in [5.74, 6) is -0.181. The van der Waals surface area contributed by atoms with Gasteiger partial charge in [-0.15, -0.1) is 0 Å². The van der Waals surface area contributed by atoms with E-state index in [0.717, 1.165) is 28.0 Å². The number of carboxylic acids is 1. The van der Waals surface area contributed by atoms with E-state index in [9.17, 15) is 19.1 Å². The first-order valence-corrected chi connectivity index (χ1v) is 12.1. The lowest BCUT2D eigenvalue weighted by Gasteiger charge is -2.21. The molecule has 2 heterocycles. The van der Waals surface area contributed by atoms with Gasteiger partial charge in [0.1, 0.15) is 35.6 Å². The first-order valence-electron chi connectivity index (χ1n) is 12.1. The number of hydrogen-bond acceptors (Lipinski definition) is 4. The normalized spacial score (nSPS) is 18.0. The average Bonchev–Trinajstić information content (AvgIpc) is 3.46. The van der Waals surface area contributed by atoms with Gasteiger partial charge in [-0.25, -0.2) is 9.18 Å². The molecular formula is C29H28FNO5. The molecule has 0 aromatic heterocycles. The molecule has 1 saturated heterocycles. The summed E-state index contributed by atoms with van der Waals surface area (Å²) < 4.78 is 26.3. The Kier molecular flexibility index (Phi) is 6.16. The Morgan fingerprint density at radius 2 is 1.92 bits per heavy atom. The number of rotatable bonds is 6. The predicted molar refractivity (Wildman–Crippen MR) is 133 cm³/mol. The van der Waals surface area contributed by atoms with Crippen LogP contribution in [0.5, 0.6) is 11.5 Å². The minimum Gasteiger partial charge on any atom is -0.489 e. The third-order valence-corrected chi connectivity index (χ3v) is 6.67. The molecule has 0 radical (unpaired) electrons. The molecule has 1 amide bonds. The summed E-state index contributed by atoms with van der Waals surface area (Å²) in [4.78, 5) is 25.8. The van der Waals surface area contributed by atoms with E-state index in [1.54, 1.807) is 18.2 Å². The van der Waals surface area contributed by atoms with E-state index in [0.29, 0.717) is 37.1 Å². The van der Waals surface area contributed by atoms with Gasteiger partial charge in [0.05, 0.1) is 0 Å². The largest absolute Gasteiger partial charge is 0.489 e. The van der Waals surface area contributed by atoms with Crippen molar-refractivity contribution in [3.05, 3.63) is 83.2 Å². The second kappa shape index (κ2) is 9.30. The number of carboxylic acid groups (broad SMARTS) is 1. The summed E-state index contributed by atoms with van der Waals surface area (Å²) >= 11 is 0. The molecule has 2 aliphatic rings. The van der Waals surface area contributed by atoms with Gasteiger partial charge in [0.2, 0.25) is 0 Å². The van der Waals surface area contributed by atoms with Crippen LogP contribution in [0.3, 0.4) is 0 Å². The minimum atomic E-state index is -0.970. The van der Waals surface area contributed by atoms with E-state index in [1.807, 2.05) is 44.2 Å². The smallest absolute Gasteiger partial charge is 0.326 e. The van der Waals surface area contributed by atoms with Crippen LogP contribution in [-0.4, -0.2) is 40.1 Å². The minimum absolute atomic E-state index is 0.246. The maximum absolute atomic E-state index is 14.3. The van der Waals surface area contributed by atoms with Crippen molar-refractivity contribution in [3.63, 3.8) is 0 Å². The first kappa shape index (κ1) is 23.9. The fourth-order valence-corrected chi connectivity index (χ4v) is 5.01. The number of ether oxygens (including phenoxy) is 2. The number of fused-ring (bicyclic) bond motifs is 1. The molecule has 0 bridgehead atoms. The predicted octanol–water partition coefficient (Wildman–Crippen LogP) is 5.47. The molecule has 2 aliphatic heterocycles. The quantitative estimate of drug-likeness (QED) is 0.497. The fraction of sp³-hybridized carbons (Fsp3) is 0.310. The molecule has 0 aliphatic carbocycles. The van der Waals surface area contributed by atoms with Gasteiger partial charge >= 0.3 is 5.97 Å². The van der Waals surface area contributed by atoms with Crippen molar-refractivity contribution in [1.82, 2.24) is 4.90 Å². The molecule has 1 atom stereocenters. The third-order valence-electron chi connectivity index (χ3n) is 6.67. The lowest BCUT2D eigenvalue weighted by atomic mass is 9.97. The van der Waals surface area contributed by atoms with Gasteiger partial charge in [-0.05, 0) is 74.2 Å². The highest BCUT2D eigenvalue weighted by molar-refractivity contribution is 5.97. The van der Waals surface area contributed by atoms with Crippen LogP contribution >= 0.6 is 0 Å². The Bertz CT molecular complexity index is 1320. The van der Waals surface area contributed by atoms with E-state index in [4.69, 9.17) is 9.47 Å². The molecule has 36 heavy (non-hydrogen) atoms. The summed E-state index contributed by atoms with van der Waals surface area (Å²) in [6.07, 6.45) is 1.82. The third kappa shape index (κ3) is 4.78. The van der Waals surface area contributed by atoms with Crippen molar-refractivity contribution in [3.8, 4) is 22.6 Å². The van der Waals surface area contributed by atoms with E-state index in [2.05, 4.69) is 0 Å². The van der Waals surface area contributed by atoms with Gasteiger partial charge < -0.3 is 19.5 Å². The van der Waals surface area contributed by atoms with E-state index >= 15 is 0 Å². The molecule has 1 fully saturated rings. The van der Waals surface area contributed by atoms with Crippen LogP contribution in [0, 0.1) is 5.82 Å². The standard InChI is InChI=1S/C29H28FNO5/c1-29(2)16-21-14-22(30)15-24(26(21)36-29)19-8-10-23(11-9-19)35-17-18-5-3-6-20(13-18)27(32)31-12-4-7-25(31)28(33)34/h3,5-6,8-11,13-15,25H,4,7,12,16-17H2,1-2H3,(H,33,34)/t25-/m0/s1. The van der Waals surface area contributed by atoms with Crippen molar-refractivity contribution in [2.45, 2.75) is 51.4 Å². The van der Waals surface area contributed by atoms with Gasteiger partial charge in [-0.3, -0.25) is 4.79 Å². The summed E-state index contributed by atoms with van der Waals surface area (Å²) in [6.45, 7) is 4.67. The molecule has 186 valence electrons. The number of carbonyl (C=O) groups is 2. The topological polar surface area (TPSA) is 76.1 Å². The second-order valence-corrected chi connectivity index (χ2v) is 9.99. The molecule has 7 heteroatoms. The highest BCUT2D eigenvalue weighted by atomic mass is 19.1. The van der Waals surface area contributed by atoms with Gasteiger partial charge in [-0.1, -0.05) is 24.3 Å². The first-order chi connectivity index (χ1) is 17.2. The van der Waals surface area contributed by atoms with E-state index < -0.39 is 12.0 Å². The van der Waals surface area contributed by atoms with Crippen LogP contribution in [-0.2, 0) is 17.8 Å². The van der Waals surface area contributed by atoms with Gasteiger partial charge in [-0.2, -0.15) is 0 Å². The van der Waals surface area contributed by atoms with E-state index in [-0.39, 0.29) is 23.9 Å². The number of hydrogen-bond donors (Lipinski definition) is 1. The molecule has 3 aromatic carbocycles. The van der Waals surface area contributed by atoms with Crippen LogP contribution < -0.4 is 9.47 Å². The van der Waals surface area contributed by atoms with Crippen LogP contribution in [0.15, 0.2) is 60.7 Å². The molecule has 5 rings (SSSR count). The number of amides is 1. The molecular weight excluding hydrogens is 461 g/mol. The van der Waals surface area contributed by atoms with Crippen LogP contribution in [0.25, 0.3) is 11.1 Å². The van der Waals surface area contributed by atoms with E-state index in [1.165, 1.54) is 17.0 Å². The number of likely N-dealkylation sites (tertiary alicyclic amines) is 1. The van der Waals surface area contributed by atoms with Crippen molar-refractivity contribution >= 4 is 11.9 Å². The fourth-order valence-electron chi connectivity index (χ4n) is 5.01. The van der Waals surface area contributed by atoms with Crippen molar-refractivity contribution in [1.29, 1.82) is 0 Å². The Morgan fingerprint density at radius 3 is 2.67 bits per heavy atom. The number of carbonyl (C=O) groups excluding carboxylic acids is 1. The van der Waals surface area contributed by atoms with Crippen LogP contribution in [0.4, 0.5) is 4.39 Å². The highest BCUT2D eigenvalue weighted by Gasteiger charge is 2.35. The maximum atomic E-state index is 14.3. The molecule has 1 N–H and O–H groups in total. The molecule has 6 nitrogen and oxygen atoms in total. The second-order valence-electron chi connectivity index (χ2n) is 9.99. The van der Waals surface area contributed by atoms with Gasteiger partial charge in [0.25, 0.3) is 5.91 Å². The average molecular weight is 490 g/mol. The lowest BCUT2D eigenvalue weighted by Crippen LogP contribution is -2.40. The lowest BCUT2D eigenvalue weighted by molar-refractivity contribution is -0.141. The molecule has 0 spiro atoms. The zero-order chi connectivity index (χ0) is 25.4. The van der Waals surface area contributed by atoms with Crippen molar-refractivity contribution in [2.24, 2.45) is 0 Å². The summed E-state index contributed by atoms with van der Waals surface area (Å²) in [5.41, 5.74) is 3.30. The van der Waals surface area contributed by atoms with Crippen LogP contribution in [0.1, 0.15) is 48.2 Å². The zero-order valence-corrected chi connectivity index (χ0v) is 20.3. The number of benzene rings is 3.